The number of hydrogen-bond acceptors (Lipinski definition) is 4. The lowest BCUT2D eigenvalue weighted by Gasteiger charge is -2.13. The van der Waals surface area contributed by atoms with Crippen molar-refractivity contribution in [2.24, 2.45) is 0 Å². The number of urea groups is 1. The zero-order valence-corrected chi connectivity index (χ0v) is 10.8. The molecule has 0 fully saturated rings. The first-order valence-corrected chi connectivity index (χ1v) is 5.63. The van der Waals surface area contributed by atoms with Crippen LogP contribution in [0.4, 0.5) is 16.2 Å². The third-order valence-electron chi connectivity index (χ3n) is 2.38. The van der Waals surface area contributed by atoms with Crippen LogP contribution in [-0.2, 0) is 4.79 Å². The predicted octanol–water partition coefficient (Wildman–Crippen LogP) is 0.320. The van der Waals surface area contributed by atoms with E-state index in [0.717, 1.165) is 5.69 Å². The highest BCUT2D eigenvalue weighted by Gasteiger charge is 2.13. The van der Waals surface area contributed by atoms with E-state index >= 15 is 0 Å². The van der Waals surface area contributed by atoms with E-state index in [1.165, 1.54) is 0 Å². The summed E-state index contributed by atoms with van der Waals surface area (Å²) in [5.74, 6) is -1.38. The molecule has 104 valence electrons. The van der Waals surface area contributed by atoms with Crippen molar-refractivity contribution in [1.82, 2.24) is 5.32 Å². The second-order valence-corrected chi connectivity index (χ2v) is 4.13. The normalized spacial score (nSPS) is 11.5. The van der Waals surface area contributed by atoms with Gasteiger partial charge in [-0.05, 0) is 24.3 Å². The van der Waals surface area contributed by atoms with Crippen LogP contribution in [0.25, 0.3) is 0 Å². The van der Waals surface area contributed by atoms with Gasteiger partial charge in [-0.3, -0.25) is 0 Å². The number of rotatable bonds is 5. The van der Waals surface area contributed by atoms with Gasteiger partial charge in [-0.2, -0.15) is 0 Å². The molecule has 1 aromatic rings. The summed E-state index contributed by atoms with van der Waals surface area (Å²) < 4.78 is 0. The molecule has 1 rings (SSSR count). The molecule has 0 saturated carbocycles. The quantitative estimate of drug-likeness (QED) is 0.615. The largest absolute Gasteiger partial charge is 0.479 e. The maximum Gasteiger partial charge on any atom is 0.334 e. The molecule has 0 heterocycles. The zero-order valence-electron chi connectivity index (χ0n) is 10.8. The first-order valence-electron chi connectivity index (χ1n) is 5.63. The number of nitrogens with one attached hydrogen (secondary N) is 2. The van der Waals surface area contributed by atoms with Crippen molar-refractivity contribution < 1.29 is 19.8 Å². The topological polar surface area (TPSA) is 102 Å². The van der Waals surface area contributed by atoms with Gasteiger partial charge in [0.25, 0.3) is 0 Å². The third kappa shape index (κ3) is 4.84. The van der Waals surface area contributed by atoms with Crippen molar-refractivity contribution in [2.75, 3.05) is 30.9 Å². The Balaban J connectivity index is 2.46. The average Bonchev–Trinajstić information content (AvgIpc) is 2.36. The van der Waals surface area contributed by atoms with Crippen LogP contribution in [0.1, 0.15) is 0 Å². The summed E-state index contributed by atoms with van der Waals surface area (Å²) in [6.07, 6.45) is -1.61. The Hall–Kier alpha value is -2.28. The molecule has 1 aromatic carbocycles. The molecule has 2 amide bonds. The van der Waals surface area contributed by atoms with E-state index in [0.29, 0.717) is 5.69 Å². The number of carboxylic acids is 1. The van der Waals surface area contributed by atoms with Crippen molar-refractivity contribution in [3.63, 3.8) is 0 Å². The van der Waals surface area contributed by atoms with Crippen LogP contribution in [0.5, 0.6) is 0 Å². The molecule has 0 unspecified atom stereocenters. The van der Waals surface area contributed by atoms with E-state index in [-0.39, 0.29) is 6.54 Å². The summed E-state index contributed by atoms with van der Waals surface area (Å²) in [7, 11) is 3.81. The summed E-state index contributed by atoms with van der Waals surface area (Å²) in [5.41, 5.74) is 1.57. The first-order chi connectivity index (χ1) is 8.90. The van der Waals surface area contributed by atoms with Gasteiger partial charge in [0.1, 0.15) is 0 Å². The van der Waals surface area contributed by atoms with Gasteiger partial charge in [0.05, 0.1) is 6.54 Å². The van der Waals surface area contributed by atoms with E-state index in [1.54, 1.807) is 12.1 Å². The molecule has 7 heteroatoms. The molecule has 19 heavy (non-hydrogen) atoms. The van der Waals surface area contributed by atoms with Gasteiger partial charge in [0, 0.05) is 25.5 Å². The van der Waals surface area contributed by atoms with Crippen LogP contribution >= 0.6 is 0 Å². The smallest absolute Gasteiger partial charge is 0.334 e. The minimum Gasteiger partial charge on any atom is -0.479 e. The molecular formula is C12H17N3O4. The predicted molar refractivity (Wildman–Crippen MR) is 71.4 cm³/mol. The fourth-order valence-electron chi connectivity index (χ4n) is 1.29. The molecule has 7 nitrogen and oxygen atoms in total. The average molecular weight is 267 g/mol. The number of amides is 2. The highest BCUT2D eigenvalue weighted by molar-refractivity contribution is 5.89. The van der Waals surface area contributed by atoms with Crippen LogP contribution in [0.15, 0.2) is 24.3 Å². The Bertz CT molecular complexity index is 445. The molecule has 4 N–H and O–H groups in total. The number of aliphatic hydroxyl groups is 1. The second-order valence-electron chi connectivity index (χ2n) is 4.13. The van der Waals surface area contributed by atoms with Crippen molar-refractivity contribution in [3.8, 4) is 0 Å². The Labute approximate surface area is 110 Å². The van der Waals surface area contributed by atoms with Gasteiger partial charge in [-0.1, -0.05) is 0 Å². The summed E-state index contributed by atoms with van der Waals surface area (Å²) >= 11 is 0. The minimum atomic E-state index is -1.61. The van der Waals surface area contributed by atoms with Crippen LogP contribution in [0.2, 0.25) is 0 Å². The van der Waals surface area contributed by atoms with Gasteiger partial charge in [0.2, 0.25) is 0 Å². The zero-order chi connectivity index (χ0) is 14.4. The molecule has 0 aliphatic heterocycles. The van der Waals surface area contributed by atoms with Crippen molar-refractivity contribution >= 4 is 23.4 Å². The maximum atomic E-state index is 11.4. The van der Waals surface area contributed by atoms with Gasteiger partial charge in [-0.15, -0.1) is 0 Å². The molecule has 0 bridgehead atoms. The highest BCUT2D eigenvalue weighted by Crippen LogP contribution is 2.15. The van der Waals surface area contributed by atoms with Crippen LogP contribution in [0, 0.1) is 0 Å². The highest BCUT2D eigenvalue weighted by atomic mass is 16.4. The number of anilines is 2. The van der Waals surface area contributed by atoms with Crippen molar-refractivity contribution in [1.29, 1.82) is 0 Å². The SMILES string of the molecule is CN(C)c1ccc(NC(=O)NC[C@H](O)C(=O)O)cc1. The summed E-state index contributed by atoms with van der Waals surface area (Å²) in [5, 5.41) is 22.2. The lowest BCUT2D eigenvalue weighted by Crippen LogP contribution is -2.38. The van der Waals surface area contributed by atoms with Crippen LogP contribution < -0.4 is 15.5 Å². The Morgan fingerprint density at radius 1 is 1.26 bits per heavy atom. The Morgan fingerprint density at radius 2 is 1.84 bits per heavy atom. The van der Waals surface area contributed by atoms with Gasteiger partial charge < -0.3 is 25.7 Å². The number of aliphatic hydroxyl groups excluding tert-OH is 1. The van der Waals surface area contributed by atoms with E-state index < -0.39 is 18.1 Å². The lowest BCUT2D eigenvalue weighted by molar-refractivity contribution is -0.146. The van der Waals surface area contributed by atoms with Crippen molar-refractivity contribution in [3.05, 3.63) is 24.3 Å². The third-order valence-corrected chi connectivity index (χ3v) is 2.38. The first kappa shape index (κ1) is 14.8. The summed E-state index contributed by atoms with van der Waals surface area (Å²) in [6, 6.07) is 6.55. The standard InChI is InChI=1S/C12H17N3O4/c1-15(2)9-5-3-8(4-6-9)14-12(19)13-7-10(16)11(17)18/h3-6,10,16H,7H2,1-2H3,(H,17,18)(H2,13,14,19)/t10-/m0/s1. The van der Waals surface area contributed by atoms with E-state index in [2.05, 4.69) is 10.6 Å². The van der Waals surface area contributed by atoms with Gasteiger partial charge in [-0.25, -0.2) is 9.59 Å². The summed E-state index contributed by atoms with van der Waals surface area (Å²) in [6.45, 7) is -0.350. The Morgan fingerprint density at radius 3 is 2.32 bits per heavy atom. The number of carbonyl (C=O) groups excluding carboxylic acids is 1. The van der Waals surface area contributed by atoms with E-state index in [1.807, 2.05) is 31.1 Å². The number of carbonyl (C=O) groups is 2. The molecule has 1 atom stereocenters. The van der Waals surface area contributed by atoms with Crippen LogP contribution in [0.3, 0.4) is 0 Å². The fraction of sp³-hybridized carbons (Fsp3) is 0.333. The molecule has 0 radical (unpaired) electrons. The second kappa shape index (κ2) is 6.60. The molecule has 0 aliphatic carbocycles. The lowest BCUT2D eigenvalue weighted by atomic mass is 10.2. The monoisotopic (exact) mass is 267 g/mol. The number of hydrogen-bond donors (Lipinski definition) is 4. The number of aliphatic carboxylic acids is 1. The number of nitrogens with zero attached hydrogens (tertiary/aromatic N) is 1. The molecule has 0 aromatic heterocycles. The number of benzene rings is 1. The fourth-order valence-corrected chi connectivity index (χ4v) is 1.29. The van der Waals surface area contributed by atoms with Gasteiger partial charge in [0.15, 0.2) is 6.10 Å². The van der Waals surface area contributed by atoms with Crippen molar-refractivity contribution in [2.45, 2.75) is 6.10 Å². The molecular weight excluding hydrogens is 250 g/mol. The molecule has 0 saturated heterocycles. The Kier molecular flexibility index (Phi) is 5.13. The maximum absolute atomic E-state index is 11.4. The van der Waals surface area contributed by atoms with E-state index in [4.69, 9.17) is 10.2 Å². The molecule has 0 aliphatic rings. The van der Waals surface area contributed by atoms with E-state index in [9.17, 15) is 9.59 Å². The van der Waals surface area contributed by atoms with Crippen LogP contribution in [-0.4, -0.2) is 49.0 Å². The summed E-state index contributed by atoms with van der Waals surface area (Å²) in [4.78, 5) is 23.7. The number of carboxylic acid groups (broad SMARTS) is 1. The molecule has 0 spiro atoms. The minimum absolute atomic E-state index is 0.350. The van der Waals surface area contributed by atoms with Gasteiger partial charge >= 0.3 is 12.0 Å².